The first-order chi connectivity index (χ1) is 9.08. The van der Waals surface area contributed by atoms with Crippen molar-refractivity contribution >= 4 is 5.91 Å². The third-order valence-corrected chi connectivity index (χ3v) is 4.48. The lowest BCUT2D eigenvalue weighted by Crippen LogP contribution is -2.35. The second-order valence-electron chi connectivity index (χ2n) is 5.78. The molecule has 2 fully saturated rings. The van der Waals surface area contributed by atoms with Crippen LogP contribution < -0.4 is 5.56 Å². The van der Waals surface area contributed by atoms with Gasteiger partial charge in [-0.25, -0.2) is 5.10 Å². The van der Waals surface area contributed by atoms with E-state index in [4.69, 9.17) is 0 Å². The minimum absolute atomic E-state index is 0.132. The summed E-state index contributed by atoms with van der Waals surface area (Å²) in [6.45, 7) is 5.18. The molecule has 2 aliphatic rings. The van der Waals surface area contributed by atoms with E-state index in [-0.39, 0.29) is 17.0 Å². The molecule has 1 atom stereocenters. The van der Waals surface area contributed by atoms with Gasteiger partial charge < -0.3 is 4.90 Å². The minimum Gasteiger partial charge on any atom is -0.338 e. The molecule has 5 heteroatoms. The van der Waals surface area contributed by atoms with E-state index in [0.29, 0.717) is 17.2 Å². The van der Waals surface area contributed by atoms with Crippen molar-refractivity contribution < 1.29 is 4.79 Å². The molecule has 0 bridgehead atoms. The molecule has 1 aliphatic heterocycles. The zero-order chi connectivity index (χ0) is 13.6. The van der Waals surface area contributed by atoms with Crippen molar-refractivity contribution in [1.82, 2.24) is 15.1 Å². The Morgan fingerprint density at radius 2 is 2.00 bits per heavy atom. The molecule has 2 heterocycles. The first-order valence-corrected chi connectivity index (χ1v) is 6.93. The molecular formula is C14H19N3O2. The third-order valence-electron chi connectivity index (χ3n) is 4.48. The predicted octanol–water partition coefficient (Wildman–Crippen LogP) is 1.26. The lowest BCUT2D eigenvalue weighted by atomic mass is 10.0. The van der Waals surface area contributed by atoms with Crippen LogP contribution in [0.15, 0.2) is 4.79 Å². The molecule has 1 aliphatic carbocycles. The number of H-pyrrole nitrogens is 1. The first-order valence-electron chi connectivity index (χ1n) is 6.93. The molecule has 0 radical (unpaired) electrons. The van der Waals surface area contributed by atoms with Gasteiger partial charge in [-0.05, 0) is 50.5 Å². The maximum absolute atomic E-state index is 12.5. The Morgan fingerprint density at radius 3 is 2.68 bits per heavy atom. The number of carbonyl (C=O) groups excluding carboxylic acids is 1. The Morgan fingerprint density at radius 1 is 1.26 bits per heavy atom. The number of hydrogen-bond acceptors (Lipinski definition) is 3. The lowest BCUT2D eigenvalue weighted by Gasteiger charge is -2.17. The maximum Gasteiger partial charge on any atom is 0.277 e. The van der Waals surface area contributed by atoms with Gasteiger partial charge in [0.05, 0.1) is 5.69 Å². The fourth-order valence-corrected chi connectivity index (χ4v) is 2.97. The molecule has 1 unspecified atom stereocenters. The highest BCUT2D eigenvalue weighted by Crippen LogP contribution is 2.41. The number of hydrogen-bond donors (Lipinski definition) is 1. The van der Waals surface area contributed by atoms with Gasteiger partial charge in [0.15, 0.2) is 0 Å². The molecule has 19 heavy (non-hydrogen) atoms. The molecule has 1 aromatic rings. The highest BCUT2D eigenvalue weighted by molar-refractivity contribution is 5.95. The zero-order valence-corrected chi connectivity index (χ0v) is 11.4. The van der Waals surface area contributed by atoms with Gasteiger partial charge in [0.1, 0.15) is 5.56 Å². The number of aromatic nitrogens is 2. The average Bonchev–Trinajstić information content (AvgIpc) is 3.12. The monoisotopic (exact) mass is 261 g/mol. The summed E-state index contributed by atoms with van der Waals surface area (Å²) in [5.41, 5.74) is 1.30. The molecule has 5 nitrogen and oxygen atoms in total. The van der Waals surface area contributed by atoms with E-state index >= 15 is 0 Å². The van der Waals surface area contributed by atoms with E-state index in [0.717, 1.165) is 25.4 Å². The van der Waals surface area contributed by atoms with Gasteiger partial charge in [-0.15, -0.1) is 0 Å². The van der Waals surface area contributed by atoms with E-state index < -0.39 is 0 Å². The fraction of sp³-hybridized carbons (Fsp3) is 0.643. The van der Waals surface area contributed by atoms with Crippen LogP contribution in [0.2, 0.25) is 0 Å². The molecule has 1 saturated heterocycles. The minimum atomic E-state index is -0.372. The fourth-order valence-electron chi connectivity index (χ4n) is 2.97. The van der Waals surface area contributed by atoms with Crippen LogP contribution in [-0.2, 0) is 0 Å². The van der Waals surface area contributed by atoms with Crippen LogP contribution in [0.3, 0.4) is 0 Å². The van der Waals surface area contributed by atoms with Gasteiger partial charge in [-0.2, -0.15) is 5.10 Å². The van der Waals surface area contributed by atoms with Crippen molar-refractivity contribution in [3.8, 4) is 0 Å². The average molecular weight is 261 g/mol. The highest BCUT2D eigenvalue weighted by Gasteiger charge is 2.38. The van der Waals surface area contributed by atoms with E-state index in [2.05, 4.69) is 10.2 Å². The van der Waals surface area contributed by atoms with Gasteiger partial charge in [0.2, 0.25) is 0 Å². The molecule has 102 valence electrons. The Hall–Kier alpha value is -1.65. The normalized spacial score (nSPS) is 22.8. The van der Waals surface area contributed by atoms with Gasteiger partial charge in [-0.1, -0.05) is 0 Å². The second kappa shape index (κ2) is 4.47. The maximum atomic E-state index is 12.5. The van der Waals surface area contributed by atoms with Crippen LogP contribution in [0.25, 0.3) is 0 Å². The van der Waals surface area contributed by atoms with Gasteiger partial charge >= 0.3 is 0 Å². The molecule has 1 N–H and O–H groups in total. The Balaban J connectivity index is 1.84. The van der Waals surface area contributed by atoms with Gasteiger partial charge in [0.25, 0.3) is 11.5 Å². The molecule has 1 saturated carbocycles. The summed E-state index contributed by atoms with van der Waals surface area (Å²) in [4.78, 5) is 26.2. The summed E-state index contributed by atoms with van der Waals surface area (Å²) in [6, 6.07) is 0. The van der Waals surface area contributed by atoms with Gasteiger partial charge in [0, 0.05) is 13.1 Å². The van der Waals surface area contributed by atoms with Gasteiger partial charge in [-0.3, -0.25) is 9.59 Å². The molecule has 0 spiro atoms. The summed E-state index contributed by atoms with van der Waals surface area (Å²) in [5, 5.41) is 6.30. The number of aromatic amines is 1. The quantitative estimate of drug-likeness (QED) is 0.871. The SMILES string of the molecule is Cc1n[nH]c(=O)c(C(=O)N2CCC(C3CC3)C2)c1C. The number of rotatable bonds is 2. The number of carbonyl (C=O) groups is 1. The molecule has 1 aromatic heterocycles. The van der Waals surface area contributed by atoms with Crippen molar-refractivity contribution in [2.45, 2.75) is 33.1 Å². The standard InChI is InChI=1S/C14H19N3O2/c1-8-9(2)15-16-13(18)12(8)14(19)17-6-5-11(7-17)10-3-4-10/h10-11H,3-7H2,1-2H3,(H,16,18). The molecular weight excluding hydrogens is 242 g/mol. The molecule has 3 rings (SSSR count). The van der Waals surface area contributed by atoms with Crippen molar-refractivity contribution in [1.29, 1.82) is 0 Å². The Kier molecular flexibility index (Phi) is 2.92. The smallest absolute Gasteiger partial charge is 0.277 e. The van der Waals surface area contributed by atoms with Crippen LogP contribution in [0.4, 0.5) is 0 Å². The van der Waals surface area contributed by atoms with Crippen molar-refractivity contribution in [2.75, 3.05) is 13.1 Å². The summed E-state index contributed by atoms with van der Waals surface area (Å²) < 4.78 is 0. The van der Waals surface area contributed by atoms with Crippen LogP contribution in [-0.4, -0.2) is 34.1 Å². The summed E-state index contributed by atoms with van der Waals surface area (Å²) in [7, 11) is 0. The van der Waals surface area contributed by atoms with E-state index in [1.54, 1.807) is 13.8 Å². The third kappa shape index (κ3) is 2.17. The predicted molar refractivity (Wildman–Crippen MR) is 71.1 cm³/mol. The Bertz CT molecular complexity index is 575. The van der Waals surface area contributed by atoms with Crippen LogP contribution >= 0.6 is 0 Å². The number of amides is 1. The lowest BCUT2D eigenvalue weighted by molar-refractivity contribution is 0.0783. The van der Waals surface area contributed by atoms with Crippen LogP contribution in [0.1, 0.15) is 40.9 Å². The van der Waals surface area contributed by atoms with Crippen molar-refractivity contribution in [3.63, 3.8) is 0 Å². The number of likely N-dealkylation sites (tertiary alicyclic amines) is 1. The zero-order valence-electron chi connectivity index (χ0n) is 11.4. The van der Waals surface area contributed by atoms with E-state index in [1.807, 2.05) is 4.90 Å². The van der Waals surface area contributed by atoms with Crippen LogP contribution in [0, 0.1) is 25.7 Å². The summed E-state index contributed by atoms with van der Waals surface area (Å²) in [6.07, 6.45) is 3.69. The van der Waals surface area contributed by atoms with E-state index in [1.165, 1.54) is 12.8 Å². The van der Waals surface area contributed by atoms with Crippen molar-refractivity contribution in [2.24, 2.45) is 11.8 Å². The summed E-state index contributed by atoms with van der Waals surface area (Å²) in [5.74, 6) is 1.33. The summed E-state index contributed by atoms with van der Waals surface area (Å²) >= 11 is 0. The molecule has 0 aromatic carbocycles. The van der Waals surface area contributed by atoms with E-state index in [9.17, 15) is 9.59 Å². The topological polar surface area (TPSA) is 66.1 Å². The first kappa shape index (κ1) is 12.4. The number of aryl methyl sites for hydroxylation is 1. The van der Waals surface area contributed by atoms with Crippen molar-refractivity contribution in [3.05, 3.63) is 27.2 Å². The Labute approximate surface area is 112 Å². The highest BCUT2D eigenvalue weighted by atomic mass is 16.2. The van der Waals surface area contributed by atoms with Crippen LogP contribution in [0.5, 0.6) is 0 Å². The second-order valence-corrected chi connectivity index (χ2v) is 5.78. The number of nitrogens with zero attached hydrogens (tertiary/aromatic N) is 2. The number of nitrogens with one attached hydrogen (secondary N) is 1. The molecule has 1 amide bonds. The largest absolute Gasteiger partial charge is 0.338 e.